The Labute approximate surface area is 200 Å². The molecular formula is C21H29N5O5S2. The molecule has 2 saturated heterocycles. The van der Waals surface area contributed by atoms with Gasteiger partial charge in [-0.3, -0.25) is 9.59 Å². The number of aliphatic carboxylic acids is 1. The van der Waals surface area contributed by atoms with Crippen molar-refractivity contribution in [3.8, 4) is 0 Å². The summed E-state index contributed by atoms with van der Waals surface area (Å²) in [6.07, 6.45) is 7.32. The summed E-state index contributed by atoms with van der Waals surface area (Å²) in [6, 6.07) is -1.78. The van der Waals surface area contributed by atoms with Crippen LogP contribution in [-0.2, 0) is 19.2 Å². The zero-order chi connectivity index (χ0) is 23.8. The summed E-state index contributed by atoms with van der Waals surface area (Å²) in [6.45, 7) is 3.57. The Hall–Kier alpha value is -2.34. The van der Waals surface area contributed by atoms with E-state index in [0.29, 0.717) is 5.13 Å². The molecule has 0 unspecified atom stereocenters. The van der Waals surface area contributed by atoms with Crippen LogP contribution in [-0.4, -0.2) is 66.8 Å². The van der Waals surface area contributed by atoms with E-state index in [9.17, 15) is 19.5 Å². The topological polar surface area (TPSA) is 147 Å². The lowest BCUT2D eigenvalue weighted by atomic mass is 9.96. The number of rotatable bonds is 6. The van der Waals surface area contributed by atoms with Crippen LogP contribution < -0.4 is 11.1 Å². The minimum atomic E-state index is -1.05. The Morgan fingerprint density at radius 2 is 1.94 bits per heavy atom. The molecule has 2 amide bonds. The van der Waals surface area contributed by atoms with Crippen molar-refractivity contribution in [3.63, 3.8) is 0 Å². The molecule has 1 aliphatic carbocycles. The SMILES string of the molecule is CC1(C)S[C@@H]2[C@H](NC(=O)C(=NOC3CCCCCCC3)c3csc(N)n3)C(=O)N2[C@H]1C(=O)O. The molecule has 33 heavy (non-hydrogen) atoms. The predicted octanol–water partition coefficient (Wildman–Crippen LogP) is 2.19. The van der Waals surface area contributed by atoms with Gasteiger partial charge in [0.1, 0.15) is 29.3 Å². The molecule has 4 N–H and O–H groups in total. The summed E-state index contributed by atoms with van der Waals surface area (Å²) in [4.78, 5) is 48.9. The number of β-lactam (4-membered cyclic amide) rings is 1. The summed E-state index contributed by atoms with van der Waals surface area (Å²) in [5.41, 5.74) is 6.01. The number of carboxylic acid groups (broad SMARTS) is 1. The van der Waals surface area contributed by atoms with Crippen molar-refractivity contribution in [2.45, 2.75) is 87.1 Å². The van der Waals surface area contributed by atoms with Crippen LogP contribution in [0.5, 0.6) is 0 Å². The highest BCUT2D eigenvalue weighted by Gasteiger charge is 2.64. The standard InChI is InChI=1S/C21H29N5O5S2/c1-21(2)15(19(29)30)26-17(28)14(18(26)33-21)24-16(27)13(12-10-32-20(22)23-12)25-31-11-8-6-4-3-5-7-9-11/h10-11,14-15,18H,3-9H2,1-2H3,(H2,22,23)(H,24,27)(H,29,30)/t14-,15+,18-/m1/s1. The normalized spacial score (nSPS) is 27.8. The lowest BCUT2D eigenvalue weighted by Crippen LogP contribution is -2.71. The van der Waals surface area contributed by atoms with Crippen LogP contribution in [0.15, 0.2) is 10.5 Å². The monoisotopic (exact) mass is 495 g/mol. The van der Waals surface area contributed by atoms with E-state index in [1.807, 2.05) is 0 Å². The molecule has 3 fully saturated rings. The van der Waals surface area contributed by atoms with E-state index >= 15 is 0 Å². The molecule has 3 aliphatic rings. The zero-order valence-electron chi connectivity index (χ0n) is 18.7. The van der Waals surface area contributed by atoms with Crippen LogP contribution in [0, 0.1) is 0 Å². The van der Waals surface area contributed by atoms with E-state index in [2.05, 4.69) is 15.5 Å². The molecule has 180 valence electrons. The van der Waals surface area contributed by atoms with E-state index < -0.39 is 40.0 Å². The smallest absolute Gasteiger partial charge is 0.327 e. The summed E-state index contributed by atoms with van der Waals surface area (Å²) in [7, 11) is 0. The van der Waals surface area contributed by atoms with Crippen molar-refractivity contribution >= 4 is 51.7 Å². The van der Waals surface area contributed by atoms with Crippen molar-refractivity contribution in [1.82, 2.24) is 15.2 Å². The fraction of sp³-hybridized carbons (Fsp3) is 0.667. The van der Waals surface area contributed by atoms with Gasteiger partial charge in [-0.2, -0.15) is 0 Å². The van der Waals surface area contributed by atoms with Gasteiger partial charge in [-0.1, -0.05) is 24.4 Å². The maximum absolute atomic E-state index is 13.2. The molecule has 1 aromatic rings. The third-order valence-corrected chi connectivity index (χ3v) is 8.53. The van der Waals surface area contributed by atoms with Crippen molar-refractivity contribution < 1.29 is 24.3 Å². The number of anilines is 1. The Kier molecular flexibility index (Phi) is 6.85. The van der Waals surface area contributed by atoms with E-state index in [1.165, 1.54) is 34.4 Å². The van der Waals surface area contributed by atoms with Gasteiger partial charge in [0.2, 0.25) is 5.91 Å². The van der Waals surface area contributed by atoms with Gasteiger partial charge in [0, 0.05) is 10.1 Å². The van der Waals surface area contributed by atoms with E-state index in [4.69, 9.17) is 10.6 Å². The first-order chi connectivity index (χ1) is 15.7. The fourth-order valence-electron chi connectivity index (χ4n) is 4.61. The second-order valence-electron chi connectivity index (χ2n) is 9.13. The molecule has 3 heterocycles. The van der Waals surface area contributed by atoms with Crippen LogP contribution >= 0.6 is 23.1 Å². The zero-order valence-corrected chi connectivity index (χ0v) is 20.3. The Morgan fingerprint density at radius 1 is 1.27 bits per heavy atom. The lowest BCUT2D eigenvalue weighted by Gasteiger charge is -2.43. The number of amides is 2. The Bertz CT molecular complexity index is 957. The van der Waals surface area contributed by atoms with Crippen molar-refractivity contribution in [2.24, 2.45) is 5.16 Å². The number of nitrogens with zero attached hydrogens (tertiary/aromatic N) is 3. The van der Waals surface area contributed by atoms with Gasteiger partial charge in [-0.05, 0) is 39.5 Å². The molecule has 1 aromatic heterocycles. The molecular weight excluding hydrogens is 466 g/mol. The number of oxime groups is 1. The van der Waals surface area contributed by atoms with Gasteiger partial charge < -0.3 is 25.9 Å². The first-order valence-corrected chi connectivity index (χ1v) is 12.9. The molecule has 0 aromatic carbocycles. The van der Waals surface area contributed by atoms with Crippen LogP contribution in [0.25, 0.3) is 0 Å². The first kappa shape index (κ1) is 23.8. The average Bonchev–Trinajstić information content (AvgIpc) is 3.26. The van der Waals surface area contributed by atoms with E-state index in [-0.39, 0.29) is 17.5 Å². The van der Waals surface area contributed by atoms with E-state index in [1.54, 1.807) is 19.2 Å². The number of carbonyl (C=O) groups is 3. The van der Waals surface area contributed by atoms with Crippen molar-refractivity contribution in [1.29, 1.82) is 0 Å². The van der Waals surface area contributed by atoms with Gasteiger partial charge in [0.05, 0.1) is 0 Å². The number of thiazole rings is 1. The van der Waals surface area contributed by atoms with E-state index in [0.717, 1.165) is 38.5 Å². The maximum atomic E-state index is 13.2. The first-order valence-electron chi connectivity index (χ1n) is 11.2. The number of aromatic nitrogens is 1. The third kappa shape index (κ3) is 4.81. The minimum absolute atomic E-state index is 0.0340. The minimum Gasteiger partial charge on any atom is -0.480 e. The van der Waals surface area contributed by atoms with Crippen molar-refractivity contribution in [3.05, 3.63) is 11.1 Å². The number of fused-ring (bicyclic) bond motifs is 1. The molecule has 1 saturated carbocycles. The summed E-state index contributed by atoms with van der Waals surface area (Å²) >= 11 is 2.55. The molecule has 10 nitrogen and oxygen atoms in total. The molecule has 2 aliphatic heterocycles. The highest BCUT2D eigenvalue weighted by molar-refractivity contribution is 8.01. The number of nitrogens with one attached hydrogen (secondary N) is 1. The van der Waals surface area contributed by atoms with Crippen LogP contribution in [0.3, 0.4) is 0 Å². The number of carbonyl (C=O) groups excluding carboxylic acids is 2. The molecule has 0 spiro atoms. The Morgan fingerprint density at radius 3 is 2.55 bits per heavy atom. The van der Waals surface area contributed by atoms with Crippen LogP contribution in [0.2, 0.25) is 0 Å². The number of nitrogen functional groups attached to an aromatic ring is 1. The van der Waals surface area contributed by atoms with Gasteiger partial charge in [-0.15, -0.1) is 23.1 Å². The average molecular weight is 496 g/mol. The number of thioether (sulfide) groups is 1. The summed E-state index contributed by atoms with van der Waals surface area (Å²) in [5.74, 6) is -2.07. The number of carboxylic acids is 1. The molecule has 0 bridgehead atoms. The molecule has 0 radical (unpaired) electrons. The molecule has 3 atom stereocenters. The highest BCUT2D eigenvalue weighted by atomic mass is 32.2. The highest BCUT2D eigenvalue weighted by Crippen LogP contribution is 2.50. The second kappa shape index (κ2) is 9.49. The number of hydrogen-bond acceptors (Lipinski definition) is 9. The molecule has 4 rings (SSSR count). The van der Waals surface area contributed by atoms with Gasteiger partial charge in [-0.25, -0.2) is 9.78 Å². The summed E-state index contributed by atoms with van der Waals surface area (Å²) in [5, 5.41) is 17.9. The van der Waals surface area contributed by atoms with Gasteiger partial charge in [0.15, 0.2) is 10.8 Å². The van der Waals surface area contributed by atoms with Crippen molar-refractivity contribution in [2.75, 3.05) is 5.73 Å². The lowest BCUT2D eigenvalue weighted by molar-refractivity contribution is -0.160. The van der Waals surface area contributed by atoms with Crippen LogP contribution in [0.1, 0.15) is 64.5 Å². The Balaban J connectivity index is 1.49. The van der Waals surface area contributed by atoms with Crippen LogP contribution in [0.4, 0.5) is 5.13 Å². The van der Waals surface area contributed by atoms with Gasteiger partial charge >= 0.3 is 5.97 Å². The number of hydrogen-bond donors (Lipinski definition) is 3. The molecule has 12 heteroatoms. The summed E-state index contributed by atoms with van der Waals surface area (Å²) < 4.78 is -0.673. The second-order valence-corrected chi connectivity index (χ2v) is 11.8. The quantitative estimate of drug-likeness (QED) is 0.309. The van der Waals surface area contributed by atoms with Gasteiger partial charge in [0.25, 0.3) is 5.91 Å². The fourth-order valence-corrected chi connectivity index (χ4v) is 6.78. The maximum Gasteiger partial charge on any atom is 0.327 e. The predicted molar refractivity (Wildman–Crippen MR) is 126 cm³/mol. The largest absolute Gasteiger partial charge is 0.480 e. The third-order valence-electron chi connectivity index (χ3n) is 6.29. The number of nitrogens with two attached hydrogens (primary N) is 1.